The lowest BCUT2D eigenvalue weighted by Crippen LogP contribution is -2.51. The van der Waals surface area contributed by atoms with Gasteiger partial charge in [-0.3, -0.25) is 4.90 Å². The maximum absolute atomic E-state index is 10.6. The van der Waals surface area contributed by atoms with Crippen LogP contribution in [0.1, 0.15) is 6.92 Å². The largest absolute Gasteiger partial charge is 0.384 e. The van der Waals surface area contributed by atoms with E-state index in [-0.39, 0.29) is 6.10 Å². The number of rotatable bonds is 2. The molecule has 6 heteroatoms. The van der Waals surface area contributed by atoms with Crippen molar-refractivity contribution in [3.05, 3.63) is 0 Å². The molecular weight excluding hydrogens is 246 g/mol. The summed E-state index contributed by atoms with van der Waals surface area (Å²) < 4.78 is 11.1. The van der Waals surface area contributed by atoms with E-state index in [1.54, 1.807) is 0 Å². The van der Waals surface area contributed by atoms with Crippen molar-refractivity contribution >= 4 is 0 Å². The number of ether oxygens (including phenoxy) is 2. The fraction of sp³-hybridized carbons (Fsp3) is 1.00. The van der Waals surface area contributed by atoms with E-state index < -0.39 is 5.60 Å². The van der Waals surface area contributed by atoms with Crippen LogP contribution in [-0.4, -0.2) is 87.3 Å². The number of nitrogens with zero attached hydrogens (tertiary/aromatic N) is 1. The highest BCUT2D eigenvalue weighted by Crippen LogP contribution is 2.14. The topological polar surface area (TPSA) is 66.0 Å². The molecule has 0 amide bonds. The van der Waals surface area contributed by atoms with Gasteiger partial charge in [-0.25, -0.2) is 0 Å². The minimum absolute atomic E-state index is 0.0629. The predicted octanol–water partition coefficient (Wildman–Crippen LogP) is -1.35. The van der Waals surface area contributed by atoms with Crippen LogP contribution in [0.15, 0.2) is 0 Å². The molecule has 2 heterocycles. The second-order valence-electron chi connectivity index (χ2n) is 5.64. The molecule has 2 atom stereocenters. The summed E-state index contributed by atoms with van der Waals surface area (Å²) in [6.45, 7) is 9.64. The average Bonchev–Trinajstić information content (AvgIpc) is 2.49. The van der Waals surface area contributed by atoms with Gasteiger partial charge in [0, 0.05) is 45.8 Å². The molecule has 0 spiro atoms. The van der Waals surface area contributed by atoms with Crippen LogP contribution in [0.2, 0.25) is 0 Å². The summed E-state index contributed by atoms with van der Waals surface area (Å²) in [6.07, 6.45) is 0.0629. The summed E-state index contributed by atoms with van der Waals surface area (Å²) in [5.74, 6) is 0. The average molecular weight is 273 g/mol. The Morgan fingerprint density at radius 1 is 1.16 bits per heavy atom. The molecule has 0 aromatic heterocycles. The van der Waals surface area contributed by atoms with Crippen molar-refractivity contribution in [3.8, 4) is 0 Å². The first-order chi connectivity index (χ1) is 9.18. The number of aliphatic hydroxyl groups is 1. The molecule has 3 N–H and O–H groups in total. The molecule has 2 unspecified atom stereocenters. The van der Waals surface area contributed by atoms with Gasteiger partial charge in [-0.1, -0.05) is 0 Å². The molecule has 0 aliphatic carbocycles. The summed E-state index contributed by atoms with van der Waals surface area (Å²) >= 11 is 0. The van der Waals surface area contributed by atoms with Crippen molar-refractivity contribution in [3.63, 3.8) is 0 Å². The lowest BCUT2D eigenvalue weighted by Gasteiger charge is -2.32. The minimum Gasteiger partial charge on any atom is -0.384 e. The van der Waals surface area contributed by atoms with E-state index in [1.165, 1.54) is 0 Å². The second-order valence-corrected chi connectivity index (χ2v) is 5.64. The molecule has 0 bridgehead atoms. The van der Waals surface area contributed by atoms with Gasteiger partial charge in [-0.2, -0.15) is 0 Å². The van der Waals surface area contributed by atoms with E-state index in [4.69, 9.17) is 9.47 Å². The molecular formula is C13H27N3O3. The number of nitrogens with one attached hydrogen (secondary N) is 2. The van der Waals surface area contributed by atoms with Crippen LogP contribution in [0.3, 0.4) is 0 Å². The van der Waals surface area contributed by atoms with Crippen molar-refractivity contribution in [2.75, 3.05) is 65.6 Å². The van der Waals surface area contributed by atoms with Gasteiger partial charge in [0.25, 0.3) is 0 Å². The zero-order valence-corrected chi connectivity index (χ0v) is 11.9. The maximum Gasteiger partial charge on any atom is 0.124 e. The monoisotopic (exact) mass is 273 g/mol. The second kappa shape index (κ2) is 7.52. The SMILES string of the molecule is CC1COCC(O)(CN2CCNCCNCC2)CO1. The Balaban J connectivity index is 1.85. The van der Waals surface area contributed by atoms with Crippen molar-refractivity contribution in [2.45, 2.75) is 18.6 Å². The Labute approximate surface area is 115 Å². The minimum atomic E-state index is -0.890. The van der Waals surface area contributed by atoms with Crippen molar-refractivity contribution in [2.24, 2.45) is 0 Å². The molecule has 112 valence electrons. The normalized spacial score (nSPS) is 36.0. The Hall–Kier alpha value is -0.240. The molecule has 0 radical (unpaired) electrons. The van der Waals surface area contributed by atoms with Crippen LogP contribution >= 0.6 is 0 Å². The van der Waals surface area contributed by atoms with E-state index in [1.807, 2.05) is 6.92 Å². The summed E-state index contributed by atoms with van der Waals surface area (Å²) in [7, 11) is 0. The molecule has 0 saturated carbocycles. The van der Waals surface area contributed by atoms with Gasteiger partial charge in [0.15, 0.2) is 0 Å². The third kappa shape index (κ3) is 5.33. The molecule has 0 aromatic rings. The molecule has 2 rings (SSSR count). The third-order valence-corrected chi connectivity index (χ3v) is 3.57. The highest BCUT2D eigenvalue weighted by molar-refractivity contribution is 4.85. The van der Waals surface area contributed by atoms with E-state index >= 15 is 0 Å². The first-order valence-corrected chi connectivity index (χ1v) is 7.23. The first-order valence-electron chi connectivity index (χ1n) is 7.23. The fourth-order valence-corrected chi connectivity index (χ4v) is 2.48. The van der Waals surface area contributed by atoms with Gasteiger partial charge in [0.2, 0.25) is 0 Å². The first kappa shape index (κ1) is 15.2. The van der Waals surface area contributed by atoms with Crippen molar-refractivity contribution < 1.29 is 14.6 Å². The van der Waals surface area contributed by atoms with Crippen LogP contribution in [0.25, 0.3) is 0 Å². The van der Waals surface area contributed by atoms with Gasteiger partial charge >= 0.3 is 0 Å². The highest BCUT2D eigenvalue weighted by atomic mass is 16.6. The Morgan fingerprint density at radius 2 is 1.84 bits per heavy atom. The maximum atomic E-state index is 10.6. The lowest BCUT2D eigenvalue weighted by molar-refractivity contribution is -0.0781. The van der Waals surface area contributed by atoms with Crippen LogP contribution in [0.5, 0.6) is 0 Å². The highest BCUT2D eigenvalue weighted by Gasteiger charge is 2.33. The molecule has 2 saturated heterocycles. The lowest BCUT2D eigenvalue weighted by atomic mass is 10.1. The molecule has 2 aliphatic heterocycles. The zero-order chi connectivity index (χ0) is 13.6. The molecule has 0 aromatic carbocycles. The van der Waals surface area contributed by atoms with E-state index in [9.17, 15) is 5.11 Å². The summed E-state index contributed by atoms with van der Waals surface area (Å²) in [5, 5.41) is 17.4. The predicted molar refractivity (Wildman–Crippen MR) is 73.4 cm³/mol. The Kier molecular flexibility index (Phi) is 6.00. The molecule has 2 aliphatic rings. The van der Waals surface area contributed by atoms with Gasteiger partial charge in [0.05, 0.1) is 25.9 Å². The van der Waals surface area contributed by atoms with Crippen LogP contribution in [-0.2, 0) is 9.47 Å². The quantitative estimate of drug-likeness (QED) is 0.578. The Morgan fingerprint density at radius 3 is 2.53 bits per heavy atom. The standard InChI is InChI=1S/C13H27N3O3/c1-12-8-18-10-13(17,11-19-12)9-16-6-4-14-2-3-15-5-7-16/h12,14-15,17H,2-11H2,1H3. The van der Waals surface area contributed by atoms with Crippen LogP contribution in [0.4, 0.5) is 0 Å². The number of hydrogen-bond donors (Lipinski definition) is 3. The Bertz CT molecular complexity index is 258. The summed E-state index contributed by atoms with van der Waals surface area (Å²) in [4.78, 5) is 2.27. The zero-order valence-electron chi connectivity index (χ0n) is 11.9. The van der Waals surface area contributed by atoms with Crippen LogP contribution in [0, 0.1) is 0 Å². The van der Waals surface area contributed by atoms with Crippen LogP contribution < -0.4 is 10.6 Å². The van der Waals surface area contributed by atoms with Gasteiger partial charge in [-0.15, -0.1) is 0 Å². The smallest absolute Gasteiger partial charge is 0.124 e. The van der Waals surface area contributed by atoms with E-state index in [0.717, 1.165) is 39.3 Å². The van der Waals surface area contributed by atoms with E-state index in [2.05, 4.69) is 15.5 Å². The van der Waals surface area contributed by atoms with Gasteiger partial charge < -0.3 is 25.2 Å². The number of hydrogen-bond acceptors (Lipinski definition) is 6. The molecule has 6 nitrogen and oxygen atoms in total. The fourth-order valence-electron chi connectivity index (χ4n) is 2.48. The summed E-state index contributed by atoms with van der Waals surface area (Å²) in [5.41, 5.74) is -0.890. The van der Waals surface area contributed by atoms with Crippen molar-refractivity contribution in [1.82, 2.24) is 15.5 Å². The number of β-amino-alcohol motifs (C(OH)–C–C–N with tert-alkyl or cyclic N) is 1. The third-order valence-electron chi connectivity index (χ3n) is 3.57. The van der Waals surface area contributed by atoms with Crippen molar-refractivity contribution in [1.29, 1.82) is 0 Å². The van der Waals surface area contributed by atoms with E-state index in [0.29, 0.717) is 26.4 Å². The molecule has 19 heavy (non-hydrogen) atoms. The molecule has 2 fully saturated rings. The van der Waals surface area contributed by atoms with Gasteiger partial charge in [0.1, 0.15) is 5.60 Å². The summed E-state index contributed by atoms with van der Waals surface area (Å²) in [6, 6.07) is 0. The van der Waals surface area contributed by atoms with Gasteiger partial charge in [-0.05, 0) is 6.92 Å².